The number of hydrogen-bond donors (Lipinski definition) is 2. The van der Waals surface area contributed by atoms with Crippen molar-refractivity contribution in [2.24, 2.45) is 0 Å². The zero-order chi connectivity index (χ0) is 14.6. The van der Waals surface area contributed by atoms with E-state index in [0.29, 0.717) is 6.54 Å². The minimum absolute atomic E-state index is 0.00899. The number of anilines is 1. The summed E-state index contributed by atoms with van der Waals surface area (Å²) in [6.45, 7) is 1.29. The monoisotopic (exact) mass is 358 g/mol. The number of benzene rings is 1. The molecule has 112 valence electrons. The number of unbranched alkanes of at least 4 members (excludes halogenated alkanes) is 3. The lowest BCUT2D eigenvalue weighted by Crippen LogP contribution is -2.28. The summed E-state index contributed by atoms with van der Waals surface area (Å²) in [7, 11) is 0. The van der Waals surface area contributed by atoms with Gasteiger partial charge in [0.2, 0.25) is 5.91 Å². The Morgan fingerprint density at radius 2 is 1.85 bits per heavy atom. The molecule has 0 fully saturated rings. The second kappa shape index (κ2) is 11.2. The Morgan fingerprint density at radius 1 is 1.15 bits per heavy atom. The molecule has 3 nitrogen and oxygen atoms in total. The summed E-state index contributed by atoms with van der Waals surface area (Å²) in [4.78, 5) is 11.7. The van der Waals surface area contributed by atoms with E-state index >= 15 is 0 Å². The zero-order valence-electron chi connectivity index (χ0n) is 12.0. The van der Waals surface area contributed by atoms with Crippen molar-refractivity contribution in [1.29, 1.82) is 0 Å². The van der Waals surface area contributed by atoms with Gasteiger partial charge in [0.25, 0.3) is 0 Å². The molecule has 1 aromatic carbocycles. The topological polar surface area (TPSA) is 41.1 Å². The summed E-state index contributed by atoms with van der Waals surface area (Å²) in [5.41, 5.74) is 0.831. The van der Waals surface area contributed by atoms with Gasteiger partial charge in [0, 0.05) is 10.2 Å². The molecule has 0 aliphatic rings. The van der Waals surface area contributed by atoms with E-state index < -0.39 is 0 Å². The highest BCUT2D eigenvalue weighted by Gasteiger charge is 2.01. The average molecular weight is 359 g/mol. The van der Waals surface area contributed by atoms with E-state index in [-0.39, 0.29) is 5.91 Å². The van der Waals surface area contributed by atoms with Gasteiger partial charge >= 0.3 is 0 Å². The molecule has 0 aliphatic heterocycles. The summed E-state index contributed by atoms with van der Waals surface area (Å²) in [6.07, 6.45) is 7.10. The first-order valence-corrected chi connectivity index (χ1v) is 9.16. The van der Waals surface area contributed by atoms with Crippen LogP contribution in [0, 0.1) is 0 Å². The van der Waals surface area contributed by atoms with Crippen LogP contribution >= 0.6 is 27.7 Å². The van der Waals surface area contributed by atoms with Gasteiger partial charge < -0.3 is 10.6 Å². The largest absolute Gasteiger partial charge is 0.325 e. The van der Waals surface area contributed by atoms with Crippen molar-refractivity contribution in [3.05, 3.63) is 28.7 Å². The van der Waals surface area contributed by atoms with Crippen molar-refractivity contribution < 1.29 is 4.79 Å². The highest BCUT2D eigenvalue weighted by atomic mass is 79.9. The predicted molar refractivity (Wildman–Crippen MR) is 92.5 cm³/mol. The minimum atomic E-state index is 0.00899. The van der Waals surface area contributed by atoms with Crippen molar-refractivity contribution in [3.8, 4) is 0 Å². The summed E-state index contributed by atoms with van der Waals surface area (Å²) in [5, 5.41) is 6.04. The molecule has 0 bridgehead atoms. The predicted octanol–water partition coefficient (Wildman–Crippen LogP) is 3.90. The maximum atomic E-state index is 11.7. The second-order valence-electron chi connectivity index (χ2n) is 4.64. The number of hydrogen-bond acceptors (Lipinski definition) is 3. The second-order valence-corrected chi connectivity index (χ2v) is 6.54. The van der Waals surface area contributed by atoms with Crippen LogP contribution in [0.2, 0.25) is 0 Å². The van der Waals surface area contributed by atoms with Gasteiger partial charge in [-0.1, -0.05) is 28.8 Å². The van der Waals surface area contributed by atoms with Crippen molar-refractivity contribution in [2.45, 2.75) is 25.7 Å². The van der Waals surface area contributed by atoms with Gasteiger partial charge in [-0.3, -0.25) is 4.79 Å². The third-order valence-electron chi connectivity index (χ3n) is 2.87. The molecule has 0 atom stereocenters. The van der Waals surface area contributed by atoms with Crippen molar-refractivity contribution >= 4 is 39.3 Å². The van der Waals surface area contributed by atoms with Crippen molar-refractivity contribution in [3.63, 3.8) is 0 Å². The molecule has 0 spiro atoms. The fraction of sp³-hybridized carbons (Fsp3) is 0.533. The van der Waals surface area contributed by atoms with Gasteiger partial charge in [-0.05, 0) is 55.7 Å². The Kier molecular flexibility index (Phi) is 9.79. The van der Waals surface area contributed by atoms with Crippen LogP contribution in [0.25, 0.3) is 0 Å². The number of carbonyl (C=O) groups is 1. The molecule has 1 amide bonds. The Morgan fingerprint density at radius 3 is 2.55 bits per heavy atom. The lowest BCUT2D eigenvalue weighted by atomic mass is 10.2. The van der Waals surface area contributed by atoms with Crippen LogP contribution in [0.4, 0.5) is 5.69 Å². The summed E-state index contributed by atoms with van der Waals surface area (Å²) < 4.78 is 1.01. The third-order valence-corrected chi connectivity index (χ3v) is 4.09. The Bertz CT molecular complexity index is 384. The Balaban J connectivity index is 2.01. The SMILES string of the molecule is CSCCCCCCNCC(=O)Nc1ccc(Br)cc1. The molecule has 0 unspecified atom stereocenters. The Labute approximate surface area is 134 Å². The third kappa shape index (κ3) is 8.61. The van der Waals surface area contributed by atoms with E-state index in [1.165, 1.54) is 25.0 Å². The fourth-order valence-electron chi connectivity index (χ4n) is 1.79. The van der Waals surface area contributed by atoms with Gasteiger partial charge in [-0.2, -0.15) is 11.8 Å². The molecular weight excluding hydrogens is 336 g/mol. The molecule has 0 heterocycles. The molecule has 5 heteroatoms. The molecule has 1 rings (SSSR count). The standard InChI is InChI=1S/C15H23BrN2OS/c1-20-11-5-3-2-4-10-17-12-15(19)18-14-8-6-13(16)7-9-14/h6-9,17H,2-5,10-12H2,1H3,(H,18,19). The van der Waals surface area contributed by atoms with Crippen molar-refractivity contribution in [2.75, 3.05) is 30.4 Å². The number of nitrogens with one attached hydrogen (secondary N) is 2. The lowest BCUT2D eigenvalue weighted by Gasteiger charge is -2.07. The number of amides is 1. The first-order chi connectivity index (χ1) is 9.72. The molecule has 2 N–H and O–H groups in total. The first-order valence-electron chi connectivity index (χ1n) is 6.97. The Hall–Kier alpha value is -0.520. The van der Waals surface area contributed by atoms with Gasteiger partial charge in [-0.25, -0.2) is 0 Å². The highest BCUT2D eigenvalue weighted by Crippen LogP contribution is 2.13. The first kappa shape index (κ1) is 17.5. The summed E-state index contributed by atoms with van der Waals surface area (Å²) in [6, 6.07) is 7.59. The van der Waals surface area contributed by atoms with Gasteiger partial charge in [0.1, 0.15) is 0 Å². The number of halogens is 1. The molecule has 0 aromatic heterocycles. The molecule has 0 radical (unpaired) electrons. The molecule has 0 saturated heterocycles. The van der Waals surface area contributed by atoms with Gasteiger partial charge in [0.05, 0.1) is 6.54 Å². The summed E-state index contributed by atoms with van der Waals surface area (Å²) in [5.74, 6) is 1.26. The highest BCUT2D eigenvalue weighted by molar-refractivity contribution is 9.10. The molecule has 1 aromatic rings. The molecule has 0 aliphatic carbocycles. The quantitative estimate of drug-likeness (QED) is 0.623. The zero-order valence-corrected chi connectivity index (χ0v) is 14.4. The average Bonchev–Trinajstić information content (AvgIpc) is 2.44. The van der Waals surface area contributed by atoms with E-state index in [1.807, 2.05) is 36.0 Å². The maximum absolute atomic E-state index is 11.7. The van der Waals surface area contributed by atoms with Crippen LogP contribution in [0.1, 0.15) is 25.7 Å². The van der Waals surface area contributed by atoms with Gasteiger partial charge in [-0.15, -0.1) is 0 Å². The molecule has 20 heavy (non-hydrogen) atoms. The van der Waals surface area contributed by atoms with E-state index in [1.54, 1.807) is 0 Å². The van der Waals surface area contributed by atoms with Crippen LogP contribution in [-0.2, 0) is 4.79 Å². The smallest absolute Gasteiger partial charge is 0.238 e. The van der Waals surface area contributed by atoms with E-state index in [9.17, 15) is 4.79 Å². The van der Waals surface area contributed by atoms with E-state index in [2.05, 4.69) is 32.8 Å². The van der Waals surface area contributed by atoms with Crippen LogP contribution < -0.4 is 10.6 Å². The number of carbonyl (C=O) groups excluding carboxylic acids is 1. The fourth-order valence-corrected chi connectivity index (χ4v) is 2.55. The van der Waals surface area contributed by atoms with E-state index in [0.717, 1.165) is 23.1 Å². The lowest BCUT2D eigenvalue weighted by molar-refractivity contribution is -0.115. The van der Waals surface area contributed by atoms with Crippen LogP contribution in [0.5, 0.6) is 0 Å². The normalized spacial score (nSPS) is 10.5. The summed E-state index contributed by atoms with van der Waals surface area (Å²) >= 11 is 5.27. The minimum Gasteiger partial charge on any atom is -0.325 e. The molecule has 0 saturated carbocycles. The van der Waals surface area contributed by atoms with E-state index in [4.69, 9.17) is 0 Å². The molecular formula is C15H23BrN2OS. The van der Waals surface area contributed by atoms with Crippen LogP contribution in [-0.4, -0.2) is 31.0 Å². The number of thioether (sulfide) groups is 1. The van der Waals surface area contributed by atoms with Crippen LogP contribution in [0.15, 0.2) is 28.7 Å². The maximum Gasteiger partial charge on any atom is 0.238 e. The van der Waals surface area contributed by atoms with Crippen LogP contribution in [0.3, 0.4) is 0 Å². The number of rotatable bonds is 10. The van der Waals surface area contributed by atoms with Gasteiger partial charge in [0.15, 0.2) is 0 Å². The van der Waals surface area contributed by atoms with Crippen molar-refractivity contribution in [1.82, 2.24) is 5.32 Å².